The molecule has 0 saturated carbocycles. The van der Waals surface area contributed by atoms with Gasteiger partial charge >= 0.3 is 0 Å². The van der Waals surface area contributed by atoms with Gasteiger partial charge in [0.15, 0.2) is 0 Å². The predicted molar refractivity (Wildman–Crippen MR) is 106 cm³/mol. The fourth-order valence-corrected chi connectivity index (χ4v) is 4.78. The molecule has 6 nitrogen and oxygen atoms in total. The van der Waals surface area contributed by atoms with Gasteiger partial charge in [-0.25, -0.2) is 12.8 Å². The maximum absolute atomic E-state index is 13.9. The minimum absolute atomic E-state index is 0.186. The van der Waals surface area contributed by atoms with Gasteiger partial charge in [-0.05, 0) is 37.3 Å². The maximum atomic E-state index is 13.9. The Hall–Kier alpha value is -2.00. The molecule has 9 heteroatoms. The number of halogens is 2. The van der Waals surface area contributed by atoms with E-state index >= 15 is 0 Å². The van der Waals surface area contributed by atoms with Gasteiger partial charge in [-0.2, -0.15) is 4.31 Å². The summed E-state index contributed by atoms with van der Waals surface area (Å²) in [7, 11) is -3.90. The average molecular weight is 426 g/mol. The quantitative estimate of drug-likeness (QED) is 0.799. The maximum Gasteiger partial charge on any atom is 0.246 e. The Morgan fingerprint density at radius 3 is 2.43 bits per heavy atom. The fourth-order valence-electron chi connectivity index (χ4n) is 3.10. The van der Waals surface area contributed by atoms with Crippen LogP contribution in [0.15, 0.2) is 53.4 Å². The van der Waals surface area contributed by atoms with E-state index in [0.29, 0.717) is 23.8 Å². The van der Waals surface area contributed by atoms with Crippen molar-refractivity contribution in [1.82, 2.24) is 9.21 Å². The SMILES string of the molecule is CC(C(=O)Nc1cccc(Cl)c1)N1CCN(S(=O)(=O)c2ccccc2F)CC1. The molecule has 1 fully saturated rings. The van der Waals surface area contributed by atoms with E-state index in [9.17, 15) is 17.6 Å². The van der Waals surface area contributed by atoms with Crippen LogP contribution in [0.3, 0.4) is 0 Å². The molecule has 0 aliphatic carbocycles. The largest absolute Gasteiger partial charge is 0.325 e. The zero-order valence-corrected chi connectivity index (χ0v) is 16.9. The van der Waals surface area contributed by atoms with E-state index in [4.69, 9.17) is 11.6 Å². The van der Waals surface area contributed by atoms with Gasteiger partial charge in [-0.1, -0.05) is 29.8 Å². The number of benzene rings is 2. The third-order valence-corrected chi connectivity index (χ3v) is 6.91. The number of anilines is 1. The highest BCUT2D eigenvalue weighted by Gasteiger charge is 2.33. The van der Waals surface area contributed by atoms with Gasteiger partial charge in [0.05, 0.1) is 6.04 Å². The molecule has 1 unspecified atom stereocenters. The molecule has 0 spiro atoms. The van der Waals surface area contributed by atoms with Gasteiger partial charge in [0, 0.05) is 36.9 Å². The van der Waals surface area contributed by atoms with Gasteiger partial charge in [0.1, 0.15) is 10.7 Å². The molecular weight excluding hydrogens is 405 g/mol. The highest BCUT2D eigenvalue weighted by atomic mass is 35.5. The minimum atomic E-state index is -3.90. The molecular formula is C19H21ClFN3O3S. The van der Waals surface area contributed by atoms with Crippen LogP contribution in [0.1, 0.15) is 6.92 Å². The zero-order valence-electron chi connectivity index (χ0n) is 15.3. The summed E-state index contributed by atoms with van der Waals surface area (Å²) >= 11 is 5.93. The first-order chi connectivity index (χ1) is 13.3. The van der Waals surface area contributed by atoms with Crippen molar-refractivity contribution in [1.29, 1.82) is 0 Å². The van der Waals surface area contributed by atoms with Crippen molar-refractivity contribution in [2.75, 3.05) is 31.5 Å². The summed E-state index contributed by atoms with van der Waals surface area (Å²) in [4.78, 5) is 14.1. The predicted octanol–water partition coefficient (Wildman–Crippen LogP) is 2.81. The summed E-state index contributed by atoms with van der Waals surface area (Å²) < 4.78 is 40.5. The number of hydrogen-bond acceptors (Lipinski definition) is 4. The van der Waals surface area contributed by atoms with Crippen LogP contribution in [0.2, 0.25) is 5.02 Å². The Labute approximate surface area is 168 Å². The Balaban J connectivity index is 1.61. The van der Waals surface area contributed by atoms with Crippen molar-refractivity contribution in [2.24, 2.45) is 0 Å². The second kappa shape index (κ2) is 8.57. The first-order valence-electron chi connectivity index (χ1n) is 8.84. The van der Waals surface area contributed by atoms with E-state index in [2.05, 4.69) is 5.32 Å². The number of carbonyl (C=O) groups excluding carboxylic acids is 1. The molecule has 1 aliphatic rings. The molecule has 150 valence electrons. The lowest BCUT2D eigenvalue weighted by molar-refractivity contribution is -0.121. The topological polar surface area (TPSA) is 69.7 Å². The van der Waals surface area contributed by atoms with Crippen molar-refractivity contribution in [3.05, 3.63) is 59.4 Å². The molecule has 28 heavy (non-hydrogen) atoms. The van der Waals surface area contributed by atoms with Gasteiger partial charge in [0.25, 0.3) is 0 Å². The third-order valence-electron chi connectivity index (χ3n) is 4.75. The summed E-state index contributed by atoms with van der Waals surface area (Å²) in [5, 5.41) is 3.33. The summed E-state index contributed by atoms with van der Waals surface area (Å²) in [5.74, 6) is -0.966. The summed E-state index contributed by atoms with van der Waals surface area (Å²) in [6, 6.07) is 11.8. The summed E-state index contributed by atoms with van der Waals surface area (Å²) in [6.45, 7) is 2.88. The van der Waals surface area contributed by atoms with E-state index in [1.54, 1.807) is 31.2 Å². The van der Waals surface area contributed by atoms with Crippen LogP contribution in [0.25, 0.3) is 0 Å². The van der Waals surface area contributed by atoms with Crippen LogP contribution < -0.4 is 5.32 Å². The average Bonchev–Trinajstić information content (AvgIpc) is 2.67. The van der Waals surface area contributed by atoms with Crippen LogP contribution in [-0.2, 0) is 14.8 Å². The Kier molecular flexibility index (Phi) is 6.34. The first kappa shape index (κ1) is 20.7. The number of nitrogens with zero attached hydrogens (tertiary/aromatic N) is 2. The first-order valence-corrected chi connectivity index (χ1v) is 10.7. The normalized spacial score (nSPS) is 17.2. The molecule has 1 amide bonds. The lowest BCUT2D eigenvalue weighted by atomic mass is 10.2. The Morgan fingerprint density at radius 1 is 1.11 bits per heavy atom. The lowest BCUT2D eigenvalue weighted by Gasteiger charge is -2.36. The number of hydrogen-bond donors (Lipinski definition) is 1. The lowest BCUT2D eigenvalue weighted by Crippen LogP contribution is -2.54. The molecule has 1 aliphatic heterocycles. The molecule has 2 aromatic carbocycles. The van der Waals surface area contributed by atoms with E-state index in [1.807, 2.05) is 4.90 Å². The molecule has 3 rings (SSSR count). The molecule has 1 heterocycles. The Bertz CT molecular complexity index is 962. The van der Waals surface area contributed by atoms with Crippen molar-refractivity contribution >= 4 is 33.2 Å². The van der Waals surface area contributed by atoms with E-state index in [1.165, 1.54) is 22.5 Å². The summed E-state index contributed by atoms with van der Waals surface area (Å²) in [5.41, 5.74) is 0.602. The highest BCUT2D eigenvalue weighted by Crippen LogP contribution is 2.21. The molecule has 1 N–H and O–H groups in total. The van der Waals surface area contributed by atoms with Crippen molar-refractivity contribution in [3.8, 4) is 0 Å². The van der Waals surface area contributed by atoms with Crippen LogP contribution in [-0.4, -0.2) is 55.8 Å². The van der Waals surface area contributed by atoms with Crippen LogP contribution in [0.5, 0.6) is 0 Å². The number of nitrogens with one attached hydrogen (secondary N) is 1. The van der Waals surface area contributed by atoms with Gasteiger partial charge < -0.3 is 5.32 Å². The van der Waals surface area contributed by atoms with Crippen molar-refractivity contribution in [3.63, 3.8) is 0 Å². The van der Waals surface area contributed by atoms with Crippen molar-refractivity contribution < 1.29 is 17.6 Å². The molecule has 1 saturated heterocycles. The van der Waals surface area contributed by atoms with Crippen molar-refractivity contribution in [2.45, 2.75) is 17.9 Å². The molecule has 1 atom stereocenters. The third kappa shape index (κ3) is 4.52. The standard InChI is InChI=1S/C19H21ClFN3O3S/c1-14(19(25)22-16-6-4-5-15(20)13-16)23-9-11-24(12-10-23)28(26,27)18-8-3-2-7-17(18)21/h2-8,13-14H,9-12H2,1H3,(H,22,25). The monoisotopic (exact) mass is 425 g/mol. The minimum Gasteiger partial charge on any atom is -0.325 e. The number of sulfonamides is 1. The second-order valence-corrected chi connectivity index (χ2v) is 8.89. The van der Waals surface area contributed by atoms with E-state index in [-0.39, 0.29) is 23.9 Å². The second-order valence-electron chi connectivity index (χ2n) is 6.55. The molecule has 2 aromatic rings. The molecule has 0 bridgehead atoms. The number of piperazine rings is 1. The zero-order chi connectivity index (χ0) is 20.3. The smallest absolute Gasteiger partial charge is 0.246 e. The van der Waals surface area contributed by atoms with Gasteiger partial charge in [-0.15, -0.1) is 0 Å². The molecule has 0 aromatic heterocycles. The highest BCUT2D eigenvalue weighted by molar-refractivity contribution is 7.89. The van der Waals surface area contributed by atoms with Gasteiger partial charge in [-0.3, -0.25) is 9.69 Å². The van der Waals surface area contributed by atoms with E-state index in [0.717, 1.165) is 6.07 Å². The number of carbonyl (C=O) groups is 1. The van der Waals surface area contributed by atoms with E-state index < -0.39 is 21.9 Å². The van der Waals surface area contributed by atoms with Crippen LogP contribution in [0.4, 0.5) is 10.1 Å². The summed E-state index contributed by atoms with van der Waals surface area (Å²) in [6.07, 6.45) is 0. The number of amides is 1. The van der Waals surface area contributed by atoms with Gasteiger partial charge in [0.2, 0.25) is 15.9 Å². The number of rotatable bonds is 5. The Morgan fingerprint density at radius 2 is 1.79 bits per heavy atom. The van der Waals surface area contributed by atoms with Crippen LogP contribution in [0, 0.1) is 5.82 Å². The fraction of sp³-hybridized carbons (Fsp3) is 0.316. The van der Waals surface area contributed by atoms with Crippen LogP contribution >= 0.6 is 11.6 Å². The molecule has 0 radical (unpaired) electrons.